The predicted octanol–water partition coefficient (Wildman–Crippen LogP) is 1.61. The molecule has 1 aliphatic heterocycles. The van der Waals surface area contributed by atoms with Crippen LogP contribution in [0.3, 0.4) is 0 Å². The first kappa shape index (κ1) is 13.3. The van der Waals surface area contributed by atoms with Gasteiger partial charge in [-0.3, -0.25) is 0 Å². The lowest BCUT2D eigenvalue weighted by Crippen LogP contribution is -2.38. The fraction of sp³-hybridized carbons (Fsp3) is 0.333. The third-order valence-corrected chi connectivity index (χ3v) is 7.99. The fourth-order valence-electron chi connectivity index (χ4n) is 1.88. The van der Waals surface area contributed by atoms with E-state index in [4.69, 9.17) is 0 Å². The van der Waals surface area contributed by atoms with Gasteiger partial charge in [0.2, 0.25) is 0 Å². The maximum absolute atomic E-state index is 12.3. The quantitative estimate of drug-likeness (QED) is 0.786. The molecular weight excluding hydrogens is 272 g/mol. The maximum Gasteiger partial charge on any atom is 0.183 e. The van der Waals surface area contributed by atoms with E-state index in [9.17, 15) is 16.8 Å². The van der Waals surface area contributed by atoms with Gasteiger partial charge < -0.3 is 0 Å². The Morgan fingerprint density at radius 3 is 2.00 bits per heavy atom. The molecule has 0 aliphatic carbocycles. The van der Waals surface area contributed by atoms with Crippen LogP contribution >= 0.6 is 0 Å². The molecule has 1 aliphatic rings. The van der Waals surface area contributed by atoms with E-state index in [1.54, 1.807) is 30.3 Å². The number of rotatable bonds is 1. The van der Waals surface area contributed by atoms with Crippen molar-refractivity contribution in [1.82, 2.24) is 0 Å². The average Bonchev–Trinajstić information content (AvgIpc) is 2.33. The Bertz CT molecular complexity index is 685. The van der Waals surface area contributed by atoms with E-state index < -0.39 is 30.2 Å². The number of sulfone groups is 2. The van der Waals surface area contributed by atoms with E-state index in [1.807, 2.05) is 0 Å². The Morgan fingerprint density at radius 2 is 1.44 bits per heavy atom. The molecule has 4 nitrogen and oxygen atoms in total. The smallest absolute Gasteiger partial charge is 0.183 e. The third-order valence-electron chi connectivity index (χ3n) is 3.30. The summed E-state index contributed by atoms with van der Waals surface area (Å²) in [7, 11) is -7.11. The molecule has 2 rings (SSSR count). The highest BCUT2D eigenvalue weighted by molar-refractivity contribution is 8.06. The van der Waals surface area contributed by atoms with E-state index in [0.29, 0.717) is 5.56 Å². The van der Waals surface area contributed by atoms with Gasteiger partial charge in [-0.15, -0.1) is 0 Å². The summed E-state index contributed by atoms with van der Waals surface area (Å²) in [6, 6.07) is 8.31. The van der Waals surface area contributed by atoms with Crippen molar-refractivity contribution < 1.29 is 16.8 Å². The fourth-order valence-corrected chi connectivity index (χ4v) is 6.27. The van der Waals surface area contributed by atoms with Gasteiger partial charge in [0, 0.05) is 0 Å². The molecule has 18 heavy (non-hydrogen) atoms. The van der Waals surface area contributed by atoms with E-state index >= 15 is 0 Å². The third kappa shape index (κ3) is 1.99. The molecule has 0 radical (unpaired) electrons. The summed E-state index contributed by atoms with van der Waals surface area (Å²) in [4.78, 5) is -0.103. The van der Waals surface area contributed by atoms with Gasteiger partial charge in [-0.25, -0.2) is 16.8 Å². The molecule has 0 aromatic heterocycles. The van der Waals surface area contributed by atoms with Gasteiger partial charge in [0.1, 0.15) is 0 Å². The summed E-state index contributed by atoms with van der Waals surface area (Å²) in [5.41, 5.74) is 0.417. The molecule has 0 fully saturated rings. The molecule has 0 amide bonds. The van der Waals surface area contributed by atoms with Crippen molar-refractivity contribution in [2.75, 3.05) is 0 Å². The van der Waals surface area contributed by atoms with E-state index in [1.165, 1.54) is 13.8 Å². The highest BCUT2D eigenvalue weighted by Crippen LogP contribution is 2.34. The first-order valence-corrected chi connectivity index (χ1v) is 8.67. The van der Waals surface area contributed by atoms with Gasteiger partial charge in [-0.1, -0.05) is 30.3 Å². The van der Waals surface area contributed by atoms with Crippen LogP contribution in [0.25, 0.3) is 4.91 Å². The van der Waals surface area contributed by atoms with Crippen molar-refractivity contribution >= 4 is 24.6 Å². The molecular formula is C12H14O4S2. The number of hydrogen-bond acceptors (Lipinski definition) is 4. The Hall–Kier alpha value is -1.14. The molecule has 6 heteroatoms. The van der Waals surface area contributed by atoms with Gasteiger partial charge in [-0.05, 0) is 19.4 Å². The van der Waals surface area contributed by atoms with Gasteiger partial charge >= 0.3 is 0 Å². The second-order valence-electron chi connectivity index (χ2n) is 4.39. The van der Waals surface area contributed by atoms with Crippen molar-refractivity contribution in [3.8, 4) is 0 Å². The summed E-state index contributed by atoms with van der Waals surface area (Å²) in [5.74, 6) is 0. The van der Waals surface area contributed by atoms with Crippen LogP contribution < -0.4 is 0 Å². The van der Waals surface area contributed by atoms with Crippen LogP contribution in [0, 0.1) is 0 Å². The lowest BCUT2D eigenvalue weighted by molar-refractivity contribution is 0.570. The van der Waals surface area contributed by atoms with Crippen LogP contribution in [0.2, 0.25) is 0 Å². The van der Waals surface area contributed by atoms with Crippen LogP contribution in [0.15, 0.2) is 35.7 Å². The van der Waals surface area contributed by atoms with Crippen LogP contribution in [0.1, 0.15) is 19.4 Å². The zero-order chi connectivity index (χ0) is 13.6. The van der Waals surface area contributed by atoms with Crippen molar-refractivity contribution in [2.24, 2.45) is 0 Å². The van der Waals surface area contributed by atoms with Crippen molar-refractivity contribution in [3.05, 3.63) is 41.3 Å². The molecule has 2 atom stereocenters. The number of hydrogen-bond donors (Lipinski definition) is 0. The second-order valence-corrected chi connectivity index (χ2v) is 8.82. The molecule has 1 aromatic rings. The lowest BCUT2D eigenvalue weighted by Gasteiger charge is -2.25. The minimum Gasteiger partial charge on any atom is -0.224 e. The lowest BCUT2D eigenvalue weighted by atomic mass is 10.2. The van der Waals surface area contributed by atoms with Crippen LogP contribution in [-0.2, 0) is 19.7 Å². The van der Waals surface area contributed by atoms with Crippen LogP contribution in [-0.4, -0.2) is 27.3 Å². The van der Waals surface area contributed by atoms with Gasteiger partial charge in [0.15, 0.2) is 19.7 Å². The maximum atomic E-state index is 12.3. The monoisotopic (exact) mass is 286 g/mol. The van der Waals surface area contributed by atoms with E-state index in [0.717, 1.165) is 5.41 Å². The first-order valence-electron chi connectivity index (χ1n) is 5.52. The van der Waals surface area contributed by atoms with Crippen LogP contribution in [0.4, 0.5) is 0 Å². The average molecular weight is 286 g/mol. The Kier molecular flexibility index (Phi) is 3.11. The Morgan fingerprint density at radius 1 is 0.889 bits per heavy atom. The molecule has 0 saturated carbocycles. The van der Waals surface area contributed by atoms with Crippen LogP contribution in [0.5, 0.6) is 0 Å². The molecule has 2 unspecified atom stereocenters. The van der Waals surface area contributed by atoms with Gasteiger partial charge in [-0.2, -0.15) is 0 Å². The normalized spacial score (nSPS) is 29.6. The summed E-state index contributed by atoms with van der Waals surface area (Å²) in [6.45, 7) is 2.86. The second kappa shape index (κ2) is 4.20. The van der Waals surface area contributed by atoms with Crippen molar-refractivity contribution in [3.63, 3.8) is 0 Å². The molecule has 1 heterocycles. The van der Waals surface area contributed by atoms with Gasteiger partial charge in [0.05, 0.1) is 20.8 Å². The van der Waals surface area contributed by atoms with Crippen molar-refractivity contribution in [2.45, 2.75) is 24.3 Å². The standard InChI is InChI=1S/C12H14O4S2/c1-9-10(2)18(15,16)12(8-17(9,13)14)11-6-4-3-5-7-11/h3-10H,1-2H3. The van der Waals surface area contributed by atoms with Crippen molar-refractivity contribution in [1.29, 1.82) is 0 Å². The Labute approximate surface area is 107 Å². The highest BCUT2D eigenvalue weighted by atomic mass is 32.2. The van der Waals surface area contributed by atoms with E-state index in [2.05, 4.69) is 0 Å². The largest absolute Gasteiger partial charge is 0.224 e. The zero-order valence-corrected chi connectivity index (χ0v) is 11.7. The van der Waals surface area contributed by atoms with E-state index in [-0.39, 0.29) is 4.91 Å². The molecule has 0 spiro atoms. The molecule has 0 bridgehead atoms. The molecule has 98 valence electrons. The SMILES string of the molecule is CC1C(C)S(=O)(=O)C(c2ccccc2)=CS1(=O)=O. The summed E-state index contributed by atoms with van der Waals surface area (Å²) in [6.07, 6.45) is 0. The topological polar surface area (TPSA) is 68.3 Å². The predicted molar refractivity (Wildman–Crippen MR) is 71.2 cm³/mol. The Balaban J connectivity index is 2.73. The molecule has 1 aromatic carbocycles. The molecule has 0 saturated heterocycles. The first-order chi connectivity index (χ1) is 8.27. The highest BCUT2D eigenvalue weighted by Gasteiger charge is 2.42. The summed E-state index contributed by atoms with van der Waals surface area (Å²) in [5, 5.41) is -0.944. The minimum atomic E-state index is -3.59. The number of benzene rings is 1. The molecule has 0 N–H and O–H groups in total. The summed E-state index contributed by atoms with van der Waals surface area (Å²) >= 11 is 0. The summed E-state index contributed by atoms with van der Waals surface area (Å²) < 4.78 is 48.4. The minimum absolute atomic E-state index is 0.103. The van der Waals surface area contributed by atoms with Gasteiger partial charge in [0.25, 0.3) is 0 Å². The zero-order valence-electron chi connectivity index (χ0n) is 10.1.